The number of rotatable bonds is 0. The molecule has 0 fully saturated rings. The molecule has 0 saturated heterocycles. The predicted octanol–water partition coefficient (Wildman–Crippen LogP) is 5.20. The van der Waals surface area contributed by atoms with Crippen LogP contribution in [0.15, 0.2) is 72.8 Å². The number of nitrogens with one attached hydrogen (secondary N) is 2. The van der Waals surface area contributed by atoms with Crippen LogP contribution in [0.25, 0.3) is 89.7 Å². The number of nitrogens with two attached hydrogens (primary N) is 4. The molecule has 0 spiro atoms. The van der Waals surface area contributed by atoms with Crippen molar-refractivity contribution in [3.63, 3.8) is 0 Å². The molecule has 2 aliphatic rings. The molecule has 220 valence electrons. The van der Waals surface area contributed by atoms with Crippen molar-refractivity contribution in [2.24, 2.45) is 0 Å². The monoisotopic (exact) mass is 637 g/mol. The average Bonchev–Trinajstić information content (AvgIpc) is 3.78. The summed E-state index contributed by atoms with van der Waals surface area (Å²) in [7, 11) is 0. The summed E-state index contributed by atoms with van der Waals surface area (Å²) in [6.07, 6.45) is 0. The third-order valence-electron chi connectivity index (χ3n) is 8.16. The van der Waals surface area contributed by atoms with Gasteiger partial charge < -0.3 is 32.9 Å². The Balaban J connectivity index is 0.00000300. The summed E-state index contributed by atoms with van der Waals surface area (Å²) in [6, 6.07) is 23.5. The molecule has 0 aliphatic carbocycles. The third kappa shape index (κ3) is 3.71. The smallest absolute Gasteiger partial charge is 0.396 e. The molecule has 7 aromatic rings. The molecule has 0 saturated carbocycles. The fourth-order valence-corrected chi connectivity index (χ4v) is 6.00. The van der Waals surface area contributed by atoms with Crippen LogP contribution >= 0.6 is 0 Å². The van der Waals surface area contributed by atoms with Gasteiger partial charge in [0, 0.05) is 33.0 Å². The van der Waals surface area contributed by atoms with E-state index < -0.39 is 0 Å². The SMILES string of the molecule is Nc1c(N)c(N)c2c3nc4nc(nc5[nH]c(nc6nc(nc([nH]3)c2c1N)-c1ccccc1-6)c1ccccc51)-c1ccccc1-4.[Cu+]. The van der Waals surface area contributed by atoms with Gasteiger partial charge in [-0.05, 0) is 0 Å². The topological polar surface area (TPSA) is 213 Å². The molecule has 0 unspecified atom stereocenters. The van der Waals surface area contributed by atoms with Crippen molar-refractivity contribution in [3.05, 3.63) is 72.8 Å². The summed E-state index contributed by atoms with van der Waals surface area (Å²) in [6.45, 7) is 0. The number of aromatic nitrogens is 8. The second kappa shape index (κ2) is 9.48. The van der Waals surface area contributed by atoms with Crippen LogP contribution in [-0.4, -0.2) is 39.9 Å². The van der Waals surface area contributed by atoms with E-state index in [4.69, 9.17) is 52.8 Å². The minimum absolute atomic E-state index is 0. The first-order chi connectivity index (χ1) is 21.5. The summed E-state index contributed by atoms with van der Waals surface area (Å²) in [5.41, 5.74) is 31.8. The van der Waals surface area contributed by atoms with Crippen molar-refractivity contribution in [1.82, 2.24) is 39.9 Å². The maximum absolute atomic E-state index is 6.56. The van der Waals surface area contributed by atoms with E-state index >= 15 is 0 Å². The first kappa shape index (κ1) is 26.6. The van der Waals surface area contributed by atoms with E-state index in [1.165, 1.54) is 0 Å². The Kier molecular flexibility index (Phi) is 5.60. The van der Waals surface area contributed by atoms with Crippen LogP contribution in [0.5, 0.6) is 0 Å². The Morgan fingerprint density at radius 2 is 0.689 bits per heavy atom. The standard InChI is InChI=1S/C32H22N12.Cu/c33-21-19-20(22(34)24(36)23(21)35)32-43-30-18-12-6-4-10-16(18)28(41-30)39-26-14-8-2-1-7-13(14)25(37-26)38-27-15-9-3-5-11-17(15)29(40-27)42-31(19)44-32;/h1-12H,33-36H2,(H2,37,38,39,40,41,42,43,44);/q;+1. The molecule has 9 rings (SSSR count). The number of hydrogen-bond acceptors (Lipinski definition) is 10. The van der Waals surface area contributed by atoms with Gasteiger partial charge in [-0.1, -0.05) is 72.8 Å². The molecule has 8 bridgehead atoms. The van der Waals surface area contributed by atoms with Crippen LogP contribution in [0, 0.1) is 0 Å². The summed E-state index contributed by atoms with van der Waals surface area (Å²) >= 11 is 0. The van der Waals surface area contributed by atoms with Crippen LogP contribution in [0.3, 0.4) is 0 Å². The van der Waals surface area contributed by atoms with E-state index in [1.807, 2.05) is 72.8 Å². The van der Waals surface area contributed by atoms with Gasteiger partial charge in [0.1, 0.15) is 22.6 Å². The van der Waals surface area contributed by atoms with Gasteiger partial charge in [-0.2, -0.15) is 0 Å². The molecule has 0 radical (unpaired) electrons. The minimum Gasteiger partial charge on any atom is -0.396 e. The Hall–Kier alpha value is -6.04. The number of H-pyrrole nitrogens is 2. The molecule has 13 heteroatoms. The van der Waals surface area contributed by atoms with Crippen molar-refractivity contribution >= 4 is 66.9 Å². The second-order valence-electron chi connectivity index (χ2n) is 10.7. The van der Waals surface area contributed by atoms with Crippen molar-refractivity contribution < 1.29 is 17.1 Å². The zero-order chi connectivity index (χ0) is 29.7. The number of benzene rings is 4. The Morgan fingerprint density at radius 1 is 0.378 bits per heavy atom. The number of nitrogens with zero attached hydrogens (tertiary/aromatic N) is 6. The van der Waals surface area contributed by atoms with Gasteiger partial charge >= 0.3 is 17.1 Å². The second-order valence-corrected chi connectivity index (χ2v) is 10.7. The first-order valence-corrected chi connectivity index (χ1v) is 13.8. The summed E-state index contributed by atoms with van der Waals surface area (Å²) in [5.74, 6) is 1.88. The van der Waals surface area contributed by atoms with Crippen LogP contribution in [0.1, 0.15) is 0 Å². The zero-order valence-electron chi connectivity index (χ0n) is 23.2. The fraction of sp³-hybridized carbons (Fsp3) is 0. The first-order valence-electron chi connectivity index (χ1n) is 13.8. The van der Waals surface area contributed by atoms with E-state index in [-0.39, 0.29) is 39.8 Å². The van der Waals surface area contributed by atoms with E-state index in [1.54, 1.807) is 0 Å². The Morgan fingerprint density at radius 3 is 1.07 bits per heavy atom. The molecule has 10 N–H and O–H groups in total. The van der Waals surface area contributed by atoms with E-state index in [9.17, 15) is 0 Å². The van der Waals surface area contributed by atoms with Crippen LogP contribution in [0.4, 0.5) is 22.7 Å². The van der Waals surface area contributed by atoms with Gasteiger partial charge in [-0.3, -0.25) is 0 Å². The van der Waals surface area contributed by atoms with Gasteiger partial charge in [0.2, 0.25) is 0 Å². The molecular weight excluding hydrogens is 616 g/mol. The Bertz CT molecular complexity index is 2400. The van der Waals surface area contributed by atoms with Crippen molar-refractivity contribution in [1.29, 1.82) is 0 Å². The minimum atomic E-state index is 0. The van der Waals surface area contributed by atoms with E-state index in [0.29, 0.717) is 56.7 Å². The van der Waals surface area contributed by atoms with Gasteiger partial charge in [-0.15, -0.1) is 0 Å². The van der Waals surface area contributed by atoms with Crippen molar-refractivity contribution in [2.75, 3.05) is 22.9 Å². The van der Waals surface area contributed by atoms with Gasteiger partial charge in [0.25, 0.3) is 0 Å². The number of hydrogen-bond donors (Lipinski definition) is 6. The maximum atomic E-state index is 6.56. The number of nitrogen functional groups attached to an aromatic ring is 4. The molecule has 12 nitrogen and oxygen atoms in total. The molecule has 3 aromatic heterocycles. The third-order valence-corrected chi connectivity index (χ3v) is 8.16. The normalized spacial score (nSPS) is 11.7. The average molecular weight is 638 g/mol. The zero-order valence-corrected chi connectivity index (χ0v) is 24.2. The van der Waals surface area contributed by atoms with Crippen LogP contribution in [0.2, 0.25) is 0 Å². The number of anilines is 4. The van der Waals surface area contributed by atoms with Gasteiger partial charge in [0.05, 0.1) is 33.5 Å². The summed E-state index contributed by atoms with van der Waals surface area (Å²) in [4.78, 5) is 36.4. The summed E-state index contributed by atoms with van der Waals surface area (Å²) < 4.78 is 0. The summed E-state index contributed by atoms with van der Waals surface area (Å²) in [5, 5.41) is 2.78. The Labute approximate surface area is 264 Å². The van der Waals surface area contributed by atoms with Gasteiger partial charge in [-0.25, -0.2) is 29.9 Å². The molecule has 0 atom stereocenters. The van der Waals surface area contributed by atoms with E-state index in [0.717, 1.165) is 33.0 Å². The molecule has 45 heavy (non-hydrogen) atoms. The van der Waals surface area contributed by atoms with Crippen LogP contribution in [-0.2, 0) is 17.1 Å². The molecule has 4 aromatic carbocycles. The largest absolute Gasteiger partial charge is 1.00 e. The molecule has 2 aliphatic heterocycles. The maximum Gasteiger partial charge on any atom is 1.00 e. The molecule has 5 heterocycles. The molecular formula is C32H22CuN12+. The van der Waals surface area contributed by atoms with Crippen molar-refractivity contribution in [2.45, 2.75) is 0 Å². The van der Waals surface area contributed by atoms with Crippen LogP contribution < -0.4 is 22.9 Å². The predicted molar refractivity (Wildman–Crippen MR) is 174 cm³/mol. The van der Waals surface area contributed by atoms with Crippen molar-refractivity contribution in [3.8, 4) is 45.6 Å². The number of fused-ring (bicyclic) bond motifs is 20. The quantitative estimate of drug-likeness (QED) is 0.0944. The molecule has 0 amide bonds. The fourth-order valence-electron chi connectivity index (χ4n) is 6.00. The number of aromatic amines is 2. The van der Waals surface area contributed by atoms with Gasteiger partial charge in [0.15, 0.2) is 23.3 Å². The van der Waals surface area contributed by atoms with E-state index in [2.05, 4.69) is 9.97 Å².